The third-order valence-corrected chi connectivity index (χ3v) is 5.25. The fourth-order valence-electron chi connectivity index (χ4n) is 3.81. The van der Waals surface area contributed by atoms with E-state index in [0.29, 0.717) is 29.7 Å². The quantitative estimate of drug-likeness (QED) is 0.711. The van der Waals surface area contributed by atoms with Crippen LogP contribution < -0.4 is 5.73 Å². The number of aromatic nitrogens is 3. The first kappa shape index (κ1) is 18.7. The summed E-state index contributed by atoms with van der Waals surface area (Å²) in [5.74, 6) is 0.337. The third-order valence-electron chi connectivity index (χ3n) is 5.25. The molecule has 3 N–H and O–H groups in total. The molecular weight excluding hydrogens is 373 g/mol. The Morgan fingerprint density at radius 2 is 1.86 bits per heavy atom. The predicted octanol–water partition coefficient (Wildman–Crippen LogP) is 3.62. The summed E-state index contributed by atoms with van der Waals surface area (Å²) in [6.45, 7) is 1.36. The Hall–Kier alpha value is -2.65. The number of ether oxygens (including phenoxy) is 1. The number of anilines is 1. The van der Waals surface area contributed by atoms with Gasteiger partial charge in [-0.1, -0.05) is 18.2 Å². The molecule has 1 aliphatic heterocycles. The van der Waals surface area contributed by atoms with Gasteiger partial charge in [-0.2, -0.15) is 13.2 Å². The van der Waals surface area contributed by atoms with Crippen molar-refractivity contribution in [3.63, 3.8) is 0 Å². The first-order valence-electron chi connectivity index (χ1n) is 8.81. The minimum absolute atomic E-state index is 0.197. The Balaban J connectivity index is 1.64. The minimum atomic E-state index is -4.57. The highest BCUT2D eigenvalue weighted by Gasteiger charge is 2.45. The zero-order chi connectivity index (χ0) is 20.1. The second kappa shape index (κ2) is 6.46. The average molecular weight is 392 g/mol. The lowest BCUT2D eigenvalue weighted by molar-refractivity contribution is -0.147. The van der Waals surface area contributed by atoms with Crippen molar-refractivity contribution in [1.29, 1.82) is 0 Å². The summed E-state index contributed by atoms with van der Waals surface area (Å²) in [4.78, 5) is 8.16. The molecule has 1 aliphatic rings. The van der Waals surface area contributed by atoms with Gasteiger partial charge in [0, 0.05) is 6.20 Å². The van der Waals surface area contributed by atoms with E-state index >= 15 is 0 Å². The van der Waals surface area contributed by atoms with Gasteiger partial charge in [0.05, 0.1) is 17.1 Å². The molecule has 3 atom stereocenters. The molecule has 1 aromatic carbocycles. The van der Waals surface area contributed by atoms with Crippen molar-refractivity contribution in [2.75, 3.05) is 5.73 Å². The smallest absolute Gasteiger partial charge is 0.383 e. The van der Waals surface area contributed by atoms with E-state index in [9.17, 15) is 18.3 Å². The van der Waals surface area contributed by atoms with Gasteiger partial charge in [0.25, 0.3) is 0 Å². The Morgan fingerprint density at radius 1 is 1.14 bits per heavy atom. The Labute approximate surface area is 158 Å². The molecule has 0 bridgehead atoms. The lowest BCUT2D eigenvalue weighted by Gasteiger charge is -2.32. The Kier molecular flexibility index (Phi) is 4.31. The van der Waals surface area contributed by atoms with Crippen LogP contribution in [0.2, 0.25) is 0 Å². The maximum atomic E-state index is 13.4. The van der Waals surface area contributed by atoms with E-state index < -0.39 is 29.7 Å². The number of benzene rings is 1. The average Bonchev–Trinajstić information content (AvgIpc) is 3.29. The number of fused-ring (bicyclic) bond motifs is 1. The molecule has 3 heterocycles. The molecule has 148 valence electrons. The van der Waals surface area contributed by atoms with Crippen molar-refractivity contribution in [3.05, 3.63) is 54.0 Å². The van der Waals surface area contributed by atoms with Crippen LogP contribution in [0.25, 0.3) is 11.0 Å². The van der Waals surface area contributed by atoms with Crippen LogP contribution >= 0.6 is 0 Å². The van der Waals surface area contributed by atoms with Crippen molar-refractivity contribution >= 4 is 16.9 Å². The second-order valence-electron chi connectivity index (χ2n) is 7.07. The van der Waals surface area contributed by atoms with Gasteiger partial charge in [-0.05, 0) is 37.5 Å². The van der Waals surface area contributed by atoms with Crippen LogP contribution in [0.4, 0.5) is 19.0 Å². The number of hydrogen-bond donors (Lipinski definition) is 2. The highest BCUT2D eigenvalue weighted by atomic mass is 19.4. The molecule has 1 saturated heterocycles. The molecule has 28 heavy (non-hydrogen) atoms. The van der Waals surface area contributed by atoms with E-state index in [1.807, 2.05) is 0 Å². The van der Waals surface area contributed by atoms with Crippen LogP contribution in [0.1, 0.15) is 37.1 Å². The zero-order valence-electron chi connectivity index (χ0n) is 15.0. The summed E-state index contributed by atoms with van der Waals surface area (Å²) in [5.41, 5.74) is 3.56. The molecule has 9 heteroatoms. The second-order valence-corrected chi connectivity index (χ2v) is 7.07. The molecule has 0 amide bonds. The van der Waals surface area contributed by atoms with Gasteiger partial charge in [0.2, 0.25) is 0 Å². The largest absolute Gasteiger partial charge is 0.416 e. The monoisotopic (exact) mass is 392 g/mol. The van der Waals surface area contributed by atoms with E-state index in [-0.39, 0.29) is 5.56 Å². The van der Waals surface area contributed by atoms with Gasteiger partial charge >= 0.3 is 6.18 Å². The SMILES string of the molecule is CC(O)(c1ccccc1C(F)(F)F)C1CCC(n2ccc3c(N)ncnc32)O1. The lowest BCUT2D eigenvalue weighted by Crippen LogP contribution is -2.38. The summed E-state index contributed by atoms with van der Waals surface area (Å²) >= 11 is 0. The lowest BCUT2D eigenvalue weighted by atomic mass is 9.85. The predicted molar refractivity (Wildman–Crippen MR) is 96.1 cm³/mol. The number of nitrogens with two attached hydrogens (primary N) is 1. The first-order valence-corrected chi connectivity index (χ1v) is 8.81. The molecular formula is C19H19F3N4O2. The molecule has 0 spiro atoms. The van der Waals surface area contributed by atoms with Crippen LogP contribution in [-0.2, 0) is 16.5 Å². The van der Waals surface area contributed by atoms with E-state index in [1.54, 1.807) is 16.8 Å². The number of nitrogen functional groups attached to an aromatic ring is 1. The Bertz CT molecular complexity index is 1020. The first-order chi connectivity index (χ1) is 13.2. The van der Waals surface area contributed by atoms with Gasteiger partial charge < -0.3 is 20.1 Å². The van der Waals surface area contributed by atoms with Gasteiger partial charge in [-0.25, -0.2) is 9.97 Å². The number of alkyl halides is 3. The number of halogens is 3. The maximum Gasteiger partial charge on any atom is 0.416 e. The van der Waals surface area contributed by atoms with E-state index in [2.05, 4.69) is 9.97 Å². The summed E-state index contributed by atoms with van der Waals surface area (Å²) in [5, 5.41) is 11.7. The van der Waals surface area contributed by atoms with E-state index in [4.69, 9.17) is 10.5 Å². The van der Waals surface area contributed by atoms with Crippen LogP contribution in [0.15, 0.2) is 42.9 Å². The highest BCUT2D eigenvalue weighted by Crippen LogP contribution is 2.43. The van der Waals surface area contributed by atoms with Crippen LogP contribution in [0.5, 0.6) is 0 Å². The highest BCUT2D eigenvalue weighted by molar-refractivity contribution is 5.86. The third kappa shape index (κ3) is 3.00. The van der Waals surface area contributed by atoms with Gasteiger partial charge in [-0.15, -0.1) is 0 Å². The molecule has 0 saturated carbocycles. The van der Waals surface area contributed by atoms with Crippen molar-refractivity contribution in [3.8, 4) is 0 Å². The van der Waals surface area contributed by atoms with Crippen molar-refractivity contribution in [2.45, 2.75) is 43.9 Å². The number of nitrogens with zero attached hydrogens (tertiary/aromatic N) is 3. The van der Waals surface area contributed by atoms with Crippen molar-refractivity contribution in [2.24, 2.45) is 0 Å². The number of hydrogen-bond acceptors (Lipinski definition) is 5. The van der Waals surface area contributed by atoms with Crippen LogP contribution in [-0.4, -0.2) is 25.7 Å². The molecule has 2 aromatic heterocycles. The van der Waals surface area contributed by atoms with E-state index in [0.717, 1.165) is 6.07 Å². The van der Waals surface area contributed by atoms with Crippen LogP contribution in [0, 0.1) is 0 Å². The van der Waals surface area contributed by atoms with Gasteiger partial charge in [0.1, 0.15) is 29.6 Å². The normalized spacial score (nSPS) is 22.5. The Morgan fingerprint density at radius 3 is 2.57 bits per heavy atom. The standard InChI is InChI=1S/C19H19F3N4O2/c1-18(27,12-4-2-3-5-13(12)19(20,21)22)14-6-7-15(28-14)26-9-8-11-16(23)24-10-25-17(11)26/h2-5,8-10,14-15,27H,6-7H2,1H3,(H2,23,24,25). The molecule has 0 radical (unpaired) electrons. The molecule has 3 aromatic rings. The fourth-order valence-corrected chi connectivity index (χ4v) is 3.81. The molecule has 4 rings (SSSR count). The molecule has 3 unspecified atom stereocenters. The van der Waals surface area contributed by atoms with Crippen molar-refractivity contribution < 1.29 is 23.0 Å². The number of rotatable bonds is 3. The van der Waals surface area contributed by atoms with Crippen LogP contribution in [0.3, 0.4) is 0 Å². The fraction of sp³-hybridized carbons (Fsp3) is 0.368. The summed E-state index contributed by atoms with van der Waals surface area (Å²) in [7, 11) is 0. The maximum absolute atomic E-state index is 13.4. The number of aliphatic hydroxyl groups is 1. The van der Waals surface area contributed by atoms with Gasteiger partial charge in [-0.3, -0.25) is 0 Å². The molecule has 6 nitrogen and oxygen atoms in total. The topological polar surface area (TPSA) is 86.2 Å². The van der Waals surface area contributed by atoms with E-state index in [1.165, 1.54) is 31.5 Å². The summed E-state index contributed by atoms with van der Waals surface area (Å²) < 4.78 is 47.9. The molecule has 0 aliphatic carbocycles. The summed E-state index contributed by atoms with van der Waals surface area (Å²) in [6, 6.07) is 6.80. The summed E-state index contributed by atoms with van der Waals surface area (Å²) in [6.07, 6.45) is -1.84. The zero-order valence-corrected chi connectivity index (χ0v) is 15.0. The molecule has 1 fully saturated rings. The van der Waals surface area contributed by atoms with Gasteiger partial charge in [0.15, 0.2) is 0 Å². The minimum Gasteiger partial charge on any atom is -0.383 e. The van der Waals surface area contributed by atoms with Crippen molar-refractivity contribution in [1.82, 2.24) is 14.5 Å².